The maximum absolute atomic E-state index is 13.1. The second-order valence-electron chi connectivity index (χ2n) is 7.81. The highest BCUT2D eigenvalue weighted by molar-refractivity contribution is 6.00. The molecule has 2 aliphatic rings. The van der Waals surface area contributed by atoms with E-state index in [1.165, 1.54) is 13.3 Å². The third-order valence-corrected chi connectivity index (χ3v) is 5.60. The second kappa shape index (κ2) is 8.69. The van der Waals surface area contributed by atoms with Crippen molar-refractivity contribution in [3.05, 3.63) is 42.2 Å². The Labute approximate surface area is 175 Å². The van der Waals surface area contributed by atoms with Crippen LogP contribution in [0.5, 0.6) is 11.8 Å². The van der Waals surface area contributed by atoms with Crippen molar-refractivity contribution in [3.8, 4) is 11.8 Å². The van der Waals surface area contributed by atoms with Gasteiger partial charge in [-0.2, -0.15) is 4.98 Å². The van der Waals surface area contributed by atoms with Crippen molar-refractivity contribution in [1.82, 2.24) is 14.9 Å². The lowest BCUT2D eigenvalue weighted by molar-refractivity contribution is -0.138. The summed E-state index contributed by atoms with van der Waals surface area (Å²) in [5, 5.41) is 0. The monoisotopic (exact) mass is 410 g/mol. The molecule has 0 aliphatic carbocycles. The van der Waals surface area contributed by atoms with Gasteiger partial charge in [0.15, 0.2) is 0 Å². The molecule has 0 saturated carbocycles. The van der Waals surface area contributed by atoms with Crippen LogP contribution >= 0.6 is 0 Å². The Morgan fingerprint density at radius 2 is 1.90 bits per heavy atom. The highest BCUT2D eigenvalue weighted by atomic mass is 16.5. The van der Waals surface area contributed by atoms with Gasteiger partial charge in [-0.25, -0.2) is 0 Å². The number of nitrogens with zero attached hydrogens (tertiary/aromatic N) is 4. The molecule has 2 amide bonds. The number of rotatable bonds is 5. The Kier molecular flexibility index (Phi) is 5.83. The number of likely N-dealkylation sites (tertiary alicyclic amines) is 1. The summed E-state index contributed by atoms with van der Waals surface area (Å²) in [6, 6.07) is 7.82. The molecule has 0 N–H and O–H groups in total. The lowest BCUT2D eigenvalue weighted by atomic mass is 10.0. The zero-order chi connectivity index (χ0) is 21.1. The maximum atomic E-state index is 13.1. The van der Waals surface area contributed by atoms with Crippen LogP contribution in [0.2, 0.25) is 0 Å². The van der Waals surface area contributed by atoms with E-state index < -0.39 is 0 Å². The summed E-state index contributed by atoms with van der Waals surface area (Å²) in [5.74, 6) is 0.456. The van der Waals surface area contributed by atoms with Crippen LogP contribution in [-0.2, 0) is 9.59 Å². The van der Waals surface area contributed by atoms with E-state index in [4.69, 9.17) is 9.47 Å². The van der Waals surface area contributed by atoms with Gasteiger partial charge < -0.3 is 19.3 Å². The zero-order valence-corrected chi connectivity index (χ0v) is 17.3. The average molecular weight is 410 g/mol. The first kappa shape index (κ1) is 20.1. The molecule has 2 saturated heterocycles. The molecule has 0 spiro atoms. The Morgan fingerprint density at radius 3 is 2.67 bits per heavy atom. The standard InChI is InChI=1S/C22H26N4O4/c1-15-5-7-17(8-6-15)26-13-16(10-21(26)27)22(28)25-9-3-4-18(14-25)30-20-12-23-11-19(24-20)29-2/h5-8,11-12,16,18H,3-4,9-10,13-14H2,1-2H3. The first-order valence-electron chi connectivity index (χ1n) is 10.2. The average Bonchev–Trinajstić information content (AvgIpc) is 3.15. The number of aryl methyl sites for hydroxylation is 1. The van der Waals surface area contributed by atoms with Crippen LogP contribution in [0.25, 0.3) is 0 Å². The number of amides is 2. The van der Waals surface area contributed by atoms with E-state index in [1.807, 2.05) is 36.1 Å². The fraction of sp³-hybridized carbons (Fsp3) is 0.455. The highest BCUT2D eigenvalue weighted by Gasteiger charge is 2.38. The first-order valence-corrected chi connectivity index (χ1v) is 10.2. The molecular weight excluding hydrogens is 384 g/mol. The Morgan fingerprint density at radius 1 is 1.13 bits per heavy atom. The number of piperidine rings is 1. The van der Waals surface area contributed by atoms with Gasteiger partial charge in [-0.05, 0) is 31.9 Å². The van der Waals surface area contributed by atoms with Crippen LogP contribution in [0.15, 0.2) is 36.7 Å². The Balaban J connectivity index is 1.38. The van der Waals surface area contributed by atoms with Gasteiger partial charge in [0.05, 0.1) is 32.0 Å². The minimum absolute atomic E-state index is 0.00586. The maximum Gasteiger partial charge on any atom is 0.235 e. The zero-order valence-electron chi connectivity index (χ0n) is 17.3. The van der Waals surface area contributed by atoms with Crippen molar-refractivity contribution >= 4 is 17.5 Å². The fourth-order valence-corrected chi connectivity index (χ4v) is 4.00. The summed E-state index contributed by atoms with van der Waals surface area (Å²) in [5.41, 5.74) is 1.98. The van der Waals surface area contributed by atoms with Gasteiger partial charge in [-0.15, -0.1) is 0 Å². The molecule has 158 valence electrons. The number of hydrogen-bond acceptors (Lipinski definition) is 6. The molecule has 30 heavy (non-hydrogen) atoms. The molecule has 0 radical (unpaired) electrons. The number of carbonyl (C=O) groups excluding carboxylic acids is 2. The van der Waals surface area contributed by atoms with Crippen LogP contribution in [0, 0.1) is 12.8 Å². The summed E-state index contributed by atoms with van der Waals surface area (Å²) < 4.78 is 11.0. The summed E-state index contributed by atoms with van der Waals surface area (Å²) >= 11 is 0. The van der Waals surface area contributed by atoms with Crippen molar-refractivity contribution in [2.75, 3.05) is 31.6 Å². The van der Waals surface area contributed by atoms with Gasteiger partial charge >= 0.3 is 0 Å². The molecule has 1 aromatic carbocycles. The normalized spacial score (nSPS) is 21.6. The first-order chi connectivity index (χ1) is 14.5. The van der Waals surface area contributed by atoms with Crippen LogP contribution in [-0.4, -0.2) is 59.5 Å². The number of hydrogen-bond donors (Lipinski definition) is 0. The van der Waals surface area contributed by atoms with Gasteiger partial charge in [-0.3, -0.25) is 14.6 Å². The van der Waals surface area contributed by atoms with Crippen LogP contribution < -0.4 is 14.4 Å². The van der Waals surface area contributed by atoms with Crippen molar-refractivity contribution in [3.63, 3.8) is 0 Å². The van der Waals surface area contributed by atoms with E-state index in [9.17, 15) is 9.59 Å². The molecule has 2 aromatic rings. The predicted octanol–water partition coefficient (Wildman–Crippen LogP) is 2.22. The van der Waals surface area contributed by atoms with E-state index in [-0.39, 0.29) is 30.3 Å². The molecular formula is C22H26N4O4. The molecule has 3 heterocycles. The summed E-state index contributed by atoms with van der Waals surface area (Å²) in [7, 11) is 1.53. The van der Waals surface area contributed by atoms with E-state index in [2.05, 4.69) is 9.97 Å². The molecule has 2 unspecified atom stereocenters. The fourth-order valence-electron chi connectivity index (χ4n) is 4.00. The SMILES string of the molecule is COc1cncc(OC2CCCN(C(=O)C3CC(=O)N(c4ccc(C)cc4)C3)C2)n1. The van der Waals surface area contributed by atoms with Crippen LogP contribution in [0.3, 0.4) is 0 Å². The van der Waals surface area contributed by atoms with E-state index >= 15 is 0 Å². The number of aromatic nitrogens is 2. The summed E-state index contributed by atoms with van der Waals surface area (Å²) in [4.78, 5) is 37.5. The van der Waals surface area contributed by atoms with Gasteiger partial charge in [-0.1, -0.05) is 17.7 Å². The molecule has 8 nitrogen and oxygen atoms in total. The predicted molar refractivity (Wildman–Crippen MR) is 110 cm³/mol. The topological polar surface area (TPSA) is 84.9 Å². The van der Waals surface area contributed by atoms with Crippen molar-refractivity contribution in [2.24, 2.45) is 5.92 Å². The van der Waals surface area contributed by atoms with Gasteiger partial charge in [0, 0.05) is 25.2 Å². The van der Waals surface area contributed by atoms with Gasteiger partial charge in [0.2, 0.25) is 23.6 Å². The minimum atomic E-state index is -0.325. The Hall–Kier alpha value is -3.16. The van der Waals surface area contributed by atoms with E-state index in [1.54, 1.807) is 11.1 Å². The lowest BCUT2D eigenvalue weighted by Crippen LogP contribution is -2.47. The highest BCUT2D eigenvalue weighted by Crippen LogP contribution is 2.28. The molecule has 4 rings (SSSR count). The van der Waals surface area contributed by atoms with Gasteiger partial charge in [0.1, 0.15) is 6.10 Å². The summed E-state index contributed by atoms with van der Waals surface area (Å²) in [6.07, 6.45) is 4.82. The quantitative estimate of drug-likeness (QED) is 0.751. The number of methoxy groups -OCH3 is 1. The lowest BCUT2D eigenvalue weighted by Gasteiger charge is -2.34. The van der Waals surface area contributed by atoms with Gasteiger partial charge in [0.25, 0.3) is 0 Å². The molecule has 1 aromatic heterocycles. The number of benzene rings is 1. The third-order valence-electron chi connectivity index (χ3n) is 5.60. The minimum Gasteiger partial charge on any atom is -0.480 e. The molecule has 2 atom stereocenters. The molecule has 2 aliphatic heterocycles. The second-order valence-corrected chi connectivity index (χ2v) is 7.81. The molecule has 2 fully saturated rings. The Bertz CT molecular complexity index is 918. The van der Waals surface area contributed by atoms with Crippen LogP contribution in [0.4, 0.5) is 5.69 Å². The third kappa shape index (κ3) is 4.37. The largest absolute Gasteiger partial charge is 0.480 e. The van der Waals surface area contributed by atoms with Crippen molar-refractivity contribution < 1.29 is 19.1 Å². The number of anilines is 1. The molecule has 0 bridgehead atoms. The smallest absolute Gasteiger partial charge is 0.235 e. The molecule has 8 heteroatoms. The van der Waals surface area contributed by atoms with Crippen molar-refractivity contribution in [2.45, 2.75) is 32.3 Å². The van der Waals surface area contributed by atoms with Crippen molar-refractivity contribution in [1.29, 1.82) is 0 Å². The van der Waals surface area contributed by atoms with Crippen LogP contribution in [0.1, 0.15) is 24.8 Å². The van der Waals surface area contributed by atoms with E-state index in [0.29, 0.717) is 31.4 Å². The number of carbonyl (C=O) groups is 2. The summed E-state index contributed by atoms with van der Waals surface area (Å²) in [6.45, 7) is 3.59. The van der Waals surface area contributed by atoms with E-state index in [0.717, 1.165) is 24.1 Å². The number of ether oxygens (including phenoxy) is 2.